The first-order valence-corrected chi connectivity index (χ1v) is 5.01. The topological polar surface area (TPSA) is 46.2 Å². The maximum atomic E-state index is 8.75. The minimum Gasteiger partial charge on any atom is -0.416 e. The van der Waals surface area contributed by atoms with E-state index in [1.165, 1.54) is 5.56 Å². The van der Waals surface area contributed by atoms with Crippen molar-refractivity contribution in [1.82, 2.24) is 4.98 Å². The third kappa shape index (κ3) is 2.55. The molecule has 4 heteroatoms. The molecule has 82 valence electrons. The van der Waals surface area contributed by atoms with Gasteiger partial charge in [0.15, 0.2) is 19.5 Å². The molecule has 0 saturated heterocycles. The van der Waals surface area contributed by atoms with Gasteiger partial charge in [-0.25, -0.2) is 4.98 Å². The number of rotatable bonds is 4. The average molecular weight is 217 g/mol. The molecule has 2 aromatic rings. The van der Waals surface area contributed by atoms with Crippen molar-refractivity contribution in [3.05, 3.63) is 54.5 Å². The SMILES string of the molecule is OCOc1cncc[n+]1Cc1ccccc1. The van der Waals surface area contributed by atoms with Gasteiger partial charge in [0, 0.05) is 5.56 Å². The Morgan fingerprint density at radius 1 is 1.25 bits per heavy atom. The molecule has 0 spiro atoms. The lowest BCUT2D eigenvalue weighted by atomic mass is 10.2. The Morgan fingerprint density at radius 3 is 2.81 bits per heavy atom. The van der Waals surface area contributed by atoms with Crippen LogP contribution < -0.4 is 9.30 Å². The summed E-state index contributed by atoms with van der Waals surface area (Å²) in [4.78, 5) is 3.95. The average Bonchev–Trinajstić information content (AvgIpc) is 2.33. The predicted octanol–water partition coefficient (Wildman–Crippen LogP) is 0.746. The van der Waals surface area contributed by atoms with Crippen LogP contribution in [0.1, 0.15) is 5.56 Å². The Balaban J connectivity index is 2.21. The fraction of sp³-hybridized carbons (Fsp3) is 0.167. The van der Waals surface area contributed by atoms with Crippen molar-refractivity contribution in [3.8, 4) is 5.88 Å². The molecule has 0 bridgehead atoms. The molecule has 0 aliphatic heterocycles. The molecule has 0 radical (unpaired) electrons. The van der Waals surface area contributed by atoms with Crippen molar-refractivity contribution >= 4 is 0 Å². The Labute approximate surface area is 93.8 Å². The second-order valence-corrected chi connectivity index (χ2v) is 3.30. The van der Waals surface area contributed by atoms with Crippen LogP contribution in [-0.4, -0.2) is 16.9 Å². The van der Waals surface area contributed by atoms with E-state index in [0.717, 1.165) is 0 Å². The van der Waals surface area contributed by atoms with Gasteiger partial charge in [-0.3, -0.25) is 0 Å². The minimum absolute atomic E-state index is 0.347. The van der Waals surface area contributed by atoms with E-state index in [1.54, 1.807) is 12.4 Å². The van der Waals surface area contributed by atoms with Gasteiger partial charge in [0.2, 0.25) is 0 Å². The lowest BCUT2D eigenvalue weighted by Gasteiger charge is -2.02. The highest BCUT2D eigenvalue weighted by Gasteiger charge is 2.11. The van der Waals surface area contributed by atoms with Crippen molar-refractivity contribution in [3.63, 3.8) is 0 Å². The summed E-state index contributed by atoms with van der Waals surface area (Å²) < 4.78 is 6.95. The molecule has 0 aliphatic rings. The molecule has 16 heavy (non-hydrogen) atoms. The molecule has 1 aromatic heterocycles. The summed E-state index contributed by atoms with van der Waals surface area (Å²) in [7, 11) is 0. The zero-order chi connectivity index (χ0) is 11.2. The van der Waals surface area contributed by atoms with Gasteiger partial charge < -0.3 is 9.84 Å². The van der Waals surface area contributed by atoms with Crippen molar-refractivity contribution in [2.24, 2.45) is 0 Å². The third-order valence-corrected chi connectivity index (χ3v) is 2.21. The molecule has 1 N–H and O–H groups in total. The van der Waals surface area contributed by atoms with Crippen LogP contribution >= 0.6 is 0 Å². The molecule has 0 saturated carbocycles. The van der Waals surface area contributed by atoms with Gasteiger partial charge in [0.25, 0.3) is 0 Å². The first-order chi connectivity index (χ1) is 7.90. The Hall–Kier alpha value is -1.94. The second-order valence-electron chi connectivity index (χ2n) is 3.30. The molecule has 1 heterocycles. The van der Waals surface area contributed by atoms with Crippen LogP contribution in [0.25, 0.3) is 0 Å². The molecule has 4 nitrogen and oxygen atoms in total. The zero-order valence-corrected chi connectivity index (χ0v) is 8.78. The summed E-state index contributed by atoms with van der Waals surface area (Å²) in [6.45, 7) is 0.346. The Kier molecular flexibility index (Phi) is 3.46. The number of aliphatic hydroxyl groups is 1. The summed E-state index contributed by atoms with van der Waals surface area (Å²) in [6, 6.07) is 10.0. The van der Waals surface area contributed by atoms with Crippen LogP contribution in [0.3, 0.4) is 0 Å². The highest BCUT2D eigenvalue weighted by molar-refractivity contribution is 5.13. The van der Waals surface area contributed by atoms with E-state index in [1.807, 2.05) is 41.1 Å². The van der Waals surface area contributed by atoms with Gasteiger partial charge in [-0.1, -0.05) is 30.3 Å². The van der Waals surface area contributed by atoms with E-state index in [4.69, 9.17) is 9.84 Å². The van der Waals surface area contributed by atoms with E-state index in [2.05, 4.69) is 4.98 Å². The Morgan fingerprint density at radius 2 is 2.06 bits per heavy atom. The molecule has 1 aromatic carbocycles. The van der Waals surface area contributed by atoms with Gasteiger partial charge in [0.05, 0.1) is 6.20 Å². The summed E-state index contributed by atoms with van der Waals surface area (Å²) in [5.41, 5.74) is 1.17. The van der Waals surface area contributed by atoms with E-state index < -0.39 is 0 Å². The second kappa shape index (κ2) is 5.23. The van der Waals surface area contributed by atoms with Crippen molar-refractivity contribution < 1.29 is 14.4 Å². The largest absolute Gasteiger partial charge is 0.416 e. The molecule has 2 rings (SSSR count). The number of nitrogens with zero attached hydrogens (tertiary/aromatic N) is 2. The van der Waals surface area contributed by atoms with Crippen LogP contribution in [-0.2, 0) is 6.54 Å². The maximum Gasteiger partial charge on any atom is 0.389 e. The van der Waals surface area contributed by atoms with Crippen LogP contribution in [0, 0.1) is 0 Å². The molecule has 0 fully saturated rings. The van der Waals surface area contributed by atoms with E-state index in [9.17, 15) is 0 Å². The quantitative estimate of drug-likeness (QED) is 0.607. The zero-order valence-electron chi connectivity index (χ0n) is 8.78. The molecule has 0 aliphatic carbocycles. The molecule has 0 amide bonds. The van der Waals surface area contributed by atoms with Gasteiger partial charge in [-0.15, -0.1) is 0 Å². The van der Waals surface area contributed by atoms with E-state index >= 15 is 0 Å². The molecular formula is C12H13N2O2+. The first kappa shape index (κ1) is 10.6. The van der Waals surface area contributed by atoms with Crippen LogP contribution in [0.4, 0.5) is 0 Å². The summed E-state index contributed by atoms with van der Waals surface area (Å²) in [6.07, 6.45) is 5.09. The van der Waals surface area contributed by atoms with E-state index in [-0.39, 0.29) is 6.79 Å². The predicted molar refractivity (Wildman–Crippen MR) is 57.7 cm³/mol. The number of ether oxygens (including phenoxy) is 1. The van der Waals surface area contributed by atoms with Gasteiger partial charge in [-0.05, 0) is 0 Å². The van der Waals surface area contributed by atoms with Gasteiger partial charge in [-0.2, -0.15) is 4.57 Å². The smallest absolute Gasteiger partial charge is 0.389 e. The van der Waals surface area contributed by atoms with Crippen molar-refractivity contribution in [2.45, 2.75) is 6.54 Å². The maximum absolute atomic E-state index is 8.75. The summed E-state index contributed by atoms with van der Waals surface area (Å²) in [5, 5.41) is 8.75. The van der Waals surface area contributed by atoms with E-state index in [0.29, 0.717) is 12.4 Å². The number of aliphatic hydroxyl groups excluding tert-OH is 1. The lowest BCUT2D eigenvalue weighted by Crippen LogP contribution is -2.36. The molecule has 0 atom stereocenters. The monoisotopic (exact) mass is 217 g/mol. The summed E-state index contributed by atoms with van der Waals surface area (Å²) >= 11 is 0. The number of hydrogen-bond acceptors (Lipinski definition) is 3. The van der Waals surface area contributed by atoms with Gasteiger partial charge in [0.1, 0.15) is 6.20 Å². The lowest BCUT2D eigenvalue weighted by molar-refractivity contribution is -0.694. The number of benzene rings is 1. The third-order valence-electron chi connectivity index (χ3n) is 2.21. The van der Waals surface area contributed by atoms with Crippen LogP contribution in [0.15, 0.2) is 48.9 Å². The summed E-state index contributed by atoms with van der Waals surface area (Å²) in [5.74, 6) is 0.550. The highest BCUT2D eigenvalue weighted by atomic mass is 16.6. The number of hydrogen-bond donors (Lipinski definition) is 1. The normalized spacial score (nSPS) is 10.1. The molecular weight excluding hydrogens is 204 g/mol. The fourth-order valence-corrected chi connectivity index (χ4v) is 1.47. The highest BCUT2D eigenvalue weighted by Crippen LogP contribution is 2.03. The first-order valence-electron chi connectivity index (χ1n) is 5.01. The minimum atomic E-state index is -0.347. The van der Waals surface area contributed by atoms with Crippen LogP contribution in [0.5, 0.6) is 5.88 Å². The molecule has 0 unspecified atom stereocenters. The number of aromatic nitrogens is 2. The fourth-order valence-electron chi connectivity index (χ4n) is 1.47. The van der Waals surface area contributed by atoms with Crippen LogP contribution in [0.2, 0.25) is 0 Å². The Bertz CT molecular complexity index is 446. The standard InChI is InChI=1S/C12H13N2O2/c15-10-16-12-8-13-6-7-14(12)9-11-4-2-1-3-5-11/h1-8,15H,9-10H2/q+1. The van der Waals surface area contributed by atoms with Gasteiger partial charge >= 0.3 is 5.88 Å². The van der Waals surface area contributed by atoms with Crippen molar-refractivity contribution in [1.29, 1.82) is 0 Å². The van der Waals surface area contributed by atoms with Crippen molar-refractivity contribution in [2.75, 3.05) is 6.79 Å².